The minimum atomic E-state index is -3.86. The summed E-state index contributed by atoms with van der Waals surface area (Å²) in [5.74, 6) is -0.261. The summed E-state index contributed by atoms with van der Waals surface area (Å²) in [6.45, 7) is 6.93. The summed E-state index contributed by atoms with van der Waals surface area (Å²) >= 11 is 5.96. The van der Waals surface area contributed by atoms with Gasteiger partial charge >= 0.3 is 0 Å². The molecule has 162 valence electrons. The average Bonchev–Trinajstić information content (AvgIpc) is 3.31. The number of sulfonamides is 1. The van der Waals surface area contributed by atoms with Crippen LogP contribution in [-0.2, 0) is 16.6 Å². The quantitative estimate of drug-likeness (QED) is 0.630. The van der Waals surface area contributed by atoms with Crippen molar-refractivity contribution in [1.82, 2.24) is 19.0 Å². The summed E-state index contributed by atoms with van der Waals surface area (Å²) in [6, 6.07) is 7.66. The first kappa shape index (κ1) is 21.1. The highest BCUT2D eigenvalue weighted by Crippen LogP contribution is 2.27. The van der Waals surface area contributed by atoms with Crippen LogP contribution < -0.4 is 4.90 Å². The molecule has 0 spiro atoms. The van der Waals surface area contributed by atoms with E-state index >= 15 is 0 Å². The second kappa shape index (κ2) is 8.20. The summed E-state index contributed by atoms with van der Waals surface area (Å²) in [6.07, 6.45) is 2.38. The van der Waals surface area contributed by atoms with Crippen molar-refractivity contribution in [2.24, 2.45) is 0 Å². The lowest BCUT2D eigenvalue weighted by atomic mass is 10.2. The van der Waals surface area contributed by atoms with Crippen LogP contribution in [0.15, 0.2) is 35.5 Å². The van der Waals surface area contributed by atoms with E-state index in [1.54, 1.807) is 15.8 Å². The number of benzene rings is 1. The molecule has 4 rings (SSSR count). The predicted octanol–water partition coefficient (Wildman–Crippen LogP) is 2.30. The highest BCUT2D eigenvalue weighted by molar-refractivity contribution is 7.89. The third kappa shape index (κ3) is 4.06. The number of hydrogen-bond acceptors (Lipinski definition) is 5. The van der Waals surface area contributed by atoms with Gasteiger partial charge in [-0.2, -0.15) is 9.40 Å². The molecule has 2 aliphatic rings. The first-order chi connectivity index (χ1) is 14.3. The van der Waals surface area contributed by atoms with E-state index < -0.39 is 10.0 Å². The molecule has 2 fully saturated rings. The third-order valence-corrected chi connectivity index (χ3v) is 7.63. The van der Waals surface area contributed by atoms with E-state index in [1.807, 2.05) is 38.1 Å². The van der Waals surface area contributed by atoms with Crippen LogP contribution in [-0.4, -0.2) is 72.1 Å². The molecule has 1 aromatic heterocycles. The molecule has 2 aromatic rings. The number of carbonyl (C=O) groups excluding carboxylic acids is 1. The van der Waals surface area contributed by atoms with Gasteiger partial charge in [-0.15, -0.1) is 0 Å². The fourth-order valence-corrected chi connectivity index (χ4v) is 5.36. The lowest BCUT2D eigenvalue weighted by Gasteiger charge is -2.35. The Morgan fingerprint density at radius 2 is 1.80 bits per heavy atom. The SMILES string of the molecule is CCCn1cc(C(=O)N2CC2C)c(S(=O)(=O)N2CCN(c3ccc(Cl)cc3)CC2)n1. The van der Waals surface area contributed by atoms with Gasteiger partial charge in [-0.1, -0.05) is 18.5 Å². The Kier molecular flexibility index (Phi) is 5.78. The molecule has 10 heteroatoms. The van der Waals surface area contributed by atoms with Crippen LogP contribution in [0.25, 0.3) is 0 Å². The number of amides is 1. The first-order valence-electron chi connectivity index (χ1n) is 10.2. The van der Waals surface area contributed by atoms with E-state index in [0.29, 0.717) is 44.3 Å². The summed E-state index contributed by atoms with van der Waals surface area (Å²) in [5, 5.41) is 4.84. The zero-order valence-corrected chi connectivity index (χ0v) is 18.7. The monoisotopic (exact) mass is 451 g/mol. The van der Waals surface area contributed by atoms with Gasteiger partial charge in [0.25, 0.3) is 15.9 Å². The van der Waals surface area contributed by atoms with Gasteiger partial charge in [0, 0.05) is 62.2 Å². The maximum atomic E-state index is 13.4. The summed E-state index contributed by atoms with van der Waals surface area (Å²) in [4.78, 5) is 16.6. The topological polar surface area (TPSA) is 78.5 Å². The standard InChI is InChI=1S/C20H26ClN5O3S/c1-3-8-24-14-18(20(27)26-13-15(26)2)19(22-24)30(28,29)25-11-9-23(10-12-25)17-6-4-16(21)5-7-17/h4-7,14-15H,3,8-13H2,1-2H3. The Morgan fingerprint density at radius 1 is 1.17 bits per heavy atom. The van der Waals surface area contributed by atoms with E-state index in [0.717, 1.165) is 12.1 Å². The molecule has 1 unspecified atom stereocenters. The molecule has 8 nitrogen and oxygen atoms in total. The molecule has 3 heterocycles. The molecular weight excluding hydrogens is 426 g/mol. The van der Waals surface area contributed by atoms with Crippen molar-refractivity contribution in [1.29, 1.82) is 0 Å². The maximum Gasteiger partial charge on any atom is 0.263 e. The van der Waals surface area contributed by atoms with Crippen molar-refractivity contribution in [2.75, 3.05) is 37.6 Å². The zero-order chi connectivity index (χ0) is 21.5. The normalized spacial score (nSPS) is 19.9. The number of anilines is 1. The average molecular weight is 452 g/mol. The van der Waals surface area contributed by atoms with Crippen LogP contribution in [0.1, 0.15) is 30.6 Å². The Labute approximate surface area is 182 Å². The van der Waals surface area contributed by atoms with E-state index in [-0.39, 0.29) is 22.5 Å². The number of carbonyl (C=O) groups is 1. The Balaban J connectivity index is 1.55. The van der Waals surface area contributed by atoms with Gasteiger partial charge in [0.1, 0.15) is 0 Å². The molecule has 30 heavy (non-hydrogen) atoms. The Bertz CT molecular complexity index is 1030. The molecule has 0 saturated carbocycles. The number of hydrogen-bond donors (Lipinski definition) is 0. The lowest BCUT2D eigenvalue weighted by Crippen LogP contribution is -2.49. The van der Waals surface area contributed by atoms with Gasteiger partial charge in [0.2, 0.25) is 5.03 Å². The van der Waals surface area contributed by atoms with Crippen molar-refractivity contribution < 1.29 is 13.2 Å². The van der Waals surface area contributed by atoms with Gasteiger partial charge in [0.15, 0.2) is 0 Å². The van der Waals surface area contributed by atoms with Crippen LogP contribution in [0, 0.1) is 0 Å². The summed E-state index contributed by atoms with van der Waals surface area (Å²) in [5.41, 5.74) is 1.18. The van der Waals surface area contributed by atoms with Crippen LogP contribution in [0.2, 0.25) is 5.02 Å². The lowest BCUT2D eigenvalue weighted by molar-refractivity contribution is 0.0872. The van der Waals surface area contributed by atoms with E-state index in [2.05, 4.69) is 10.00 Å². The highest BCUT2D eigenvalue weighted by atomic mass is 35.5. The van der Waals surface area contributed by atoms with Crippen molar-refractivity contribution >= 4 is 33.2 Å². The van der Waals surface area contributed by atoms with E-state index in [9.17, 15) is 13.2 Å². The second-order valence-corrected chi connectivity index (χ2v) is 10.1. The van der Waals surface area contributed by atoms with Gasteiger partial charge in [-0.3, -0.25) is 9.48 Å². The number of aryl methyl sites for hydroxylation is 1. The number of nitrogens with zero attached hydrogens (tertiary/aromatic N) is 5. The Morgan fingerprint density at radius 3 is 2.37 bits per heavy atom. The molecule has 2 aliphatic heterocycles. The maximum absolute atomic E-state index is 13.4. The van der Waals surface area contributed by atoms with E-state index in [1.165, 1.54) is 4.31 Å². The van der Waals surface area contributed by atoms with Crippen LogP contribution in [0.3, 0.4) is 0 Å². The van der Waals surface area contributed by atoms with Crippen molar-refractivity contribution in [3.63, 3.8) is 0 Å². The van der Waals surface area contributed by atoms with Gasteiger partial charge in [-0.25, -0.2) is 8.42 Å². The van der Waals surface area contributed by atoms with Crippen LogP contribution in [0.5, 0.6) is 0 Å². The Hall–Kier alpha value is -2.10. The largest absolute Gasteiger partial charge is 0.369 e. The molecule has 0 radical (unpaired) electrons. The number of aromatic nitrogens is 2. The minimum absolute atomic E-state index is 0.125. The zero-order valence-electron chi connectivity index (χ0n) is 17.2. The molecule has 1 atom stereocenters. The van der Waals surface area contributed by atoms with Crippen molar-refractivity contribution in [3.8, 4) is 0 Å². The molecule has 1 amide bonds. The van der Waals surface area contributed by atoms with Crippen LogP contribution in [0.4, 0.5) is 5.69 Å². The van der Waals surface area contributed by atoms with Crippen molar-refractivity contribution in [3.05, 3.63) is 41.0 Å². The molecule has 1 aromatic carbocycles. The third-order valence-electron chi connectivity index (χ3n) is 5.55. The fourth-order valence-electron chi connectivity index (χ4n) is 3.72. The second-order valence-electron chi connectivity index (χ2n) is 7.79. The molecule has 0 bridgehead atoms. The molecular formula is C20H26ClN5O3S. The van der Waals surface area contributed by atoms with Crippen LogP contribution >= 0.6 is 11.6 Å². The van der Waals surface area contributed by atoms with Gasteiger partial charge < -0.3 is 9.80 Å². The number of piperazine rings is 1. The molecule has 2 saturated heterocycles. The molecule has 0 aliphatic carbocycles. The summed E-state index contributed by atoms with van der Waals surface area (Å²) < 4.78 is 29.8. The molecule has 0 N–H and O–H groups in total. The predicted molar refractivity (Wildman–Crippen MR) is 115 cm³/mol. The first-order valence-corrected chi connectivity index (χ1v) is 12.0. The number of rotatable bonds is 6. The van der Waals surface area contributed by atoms with Gasteiger partial charge in [0.05, 0.1) is 5.56 Å². The minimum Gasteiger partial charge on any atom is -0.369 e. The van der Waals surface area contributed by atoms with Crippen molar-refractivity contribution in [2.45, 2.75) is 37.9 Å². The summed E-state index contributed by atoms with van der Waals surface area (Å²) in [7, 11) is -3.86. The fraction of sp³-hybridized carbons (Fsp3) is 0.500. The van der Waals surface area contributed by atoms with E-state index in [4.69, 9.17) is 11.6 Å². The van der Waals surface area contributed by atoms with Gasteiger partial charge in [-0.05, 0) is 37.6 Å². The highest BCUT2D eigenvalue weighted by Gasteiger charge is 2.40. The smallest absolute Gasteiger partial charge is 0.263 e. The number of halogens is 1.